The lowest BCUT2D eigenvalue weighted by Crippen LogP contribution is -2.24. The van der Waals surface area contributed by atoms with E-state index in [0.29, 0.717) is 12.8 Å². The molecule has 4 nitrogen and oxygen atoms in total. The lowest BCUT2D eigenvalue weighted by atomic mass is 9.80. The molecule has 2 aliphatic rings. The molecule has 0 aromatic carbocycles. The molecule has 0 radical (unpaired) electrons. The van der Waals surface area contributed by atoms with Crippen molar-refractivity contribution >= 4 is 11.9 Å². The van der Waals surface area contributed by atoms with Crippen LogP contribution in [0.25, 0.3) is 0 Å². The van der Waals surface area contributed by atoms with Crippen molar-refractivity contribution in [2.24, 2.45) is 5.92 Å². The van der Waals surface area contributed by atoms with Crippen LogP contribution >= 0.6 is 0 Å². The zero-order valence-corrected chi connectivity index (χ0v) is 13.1. The molecule has 0 aliphatic heterocycles. The molecule has 2 aliphatic carbocycles. The summed E-state index contributed by atoms with van der Waals surface area (Å²) in [6.45, 7) is 0. The molecular weight excluding hydrogens is 280 g/mol. The Balaban J connectivity index is 2.45. The van der Waals surface area contributed by atoms with Crippen molar-refractivity contribution < 1.29 is 19.8 Å². The van der Waals surface area contributed by atoms with Gasteiger partial charge in [-0.1, -0.05) is 31.8 Å². The minimum absolute atomic E-state index is 0.152. The van der Waals surface area contributed by atoms with Crippen molar-refractivity contribution in [3.63, 3.8) is 0 Å². The van der Waals surface area contributed by atoms with E-state index < -0.39 is 17.9 Å². The van der Waals surface area contributed by atoms with Gasteiger partial charge >= 0.3 is 11.9 Å². The summed E-state index contributed by atoms with van der Waals surface area (Å²) in [5, 5.41) is 19.1. The first-order valence-corrected chi connectivity index (χ1v) is 8.50. The van der Waals surface area contributed by atoms with Gasteiger partial charge in [0.25, 0.3) is 0 Å². The highest BCUT2D eigenvalue weighted by Gasteiger charge is 2.32. The average Bonchev–Trinajstić information content (AvgIpc) is 2.38. The Morgan fingerprint density at radius 1 is 0.909 bits per heavy atom. The quantitative estimate of drug-likeness (QED) is 0.814. The fraction of sp³-hybridized carbons (Fsp3) is 0.667. The number of rotatable bonds is 3. The van der Waals surface area contributed by atoms with Crippen LogP contribution in [0.15, 0.2) is 22.8 Å². The monoisotopic (exact) mass is 306 g/mol. The highest BCUT2D eigenvalue weighted by molar-refractivity contribution is 5.95. The summed E-state index contributed by atoms with van der Waals surface area (Å²) in [5.74, 6) is -2.91. The largest absolute Gasteiger partial charge is 0.481 e. The molecule has 0 aromatic rings. The minimum Gasteiger partial charge on any atom is -0.481 e. The molecule has 0 bridgehead atoms. The lowest BCUT2D eigenvalue weighted by molar-refractivity contribution is -0.144. The molecule has 2 N–H and O–H groups in total. The molecule has 1 unspecified atom stereocenters. The SMILES string of the molecule is O=C(O)/C1=C(\C2=C\CCCCCC2)CCCCCC1C(=O)O. The highest BCUT2D eigenvalue weighted by atomic mass is 16.4. The predicted molar refractivity (Wildman–Crippen MR) is 84.7 cm³/mol. The fourth-order valence-electron chi connectivity index (χ4n) is 3.64. The summed E-state index contributed by atoms with van der Waals surface area (Å²) in [6, 6.07) is 0. The Labute approximate surface area is 131 Å². The molecule has 2 rings (SSSR count). The van der Waals surface area contributed by atoms with Gasteiger partial charge in [0.05, 0.1) is 11.5 Å². The van der Waals surface area contributed by atoms with Gasteiger partial charge in [0.1, 0.15) is 0 Å². The van der Waals surface area contributed by atoms with Gasteiger partial charge in [-0.15, -0.1) is 0 Å². The zero-order chi connectivity index (χ0) is 15.9. The number of allylic oxidation sites excluding steroid dienone is 3. The summed E-state index contributed by atoms with van der Waals surface area (Å²) < 4.78 is 0. The molecule has 1 atom stereocenters. The molecule has 22 heavy (non-hydrogen) atoms. The van der Waals surface area contributed by atoms with Crippen molar-refractivity contribution in [1.82, 2.24) is 0 Å². The summed E-state index contributed by atoms with van der Waals surface area (Å²) in [5.41, 5.74) is 2.07. The van der Waals surface area contributed by atoms with E-state index >= 15 is 0 Å². The normalized spacial score (nSPS) is 30.2. The standard InChI is InChI=1S/C18H26O4/c19-17(20)15-12-8-4-7-11-14(16(15)18(21)22)13-9-5-2-1-3-6-10-13/h9,15H,1-8,10-12H2,(H,19,20)(H,21,22)/b13-9+,16-14-. The van der Waals surface area contributed by atoms with Gasteiger partial charge in [0.15, 0.2) is 0 Å². The van der Waals surface area contributed by atoms with Crippen LogP contribution in [0.4, 0.5) is 0 Å². The van der Waals surface area contributed by atoms with Gasteiger partial charge in [-0.3, -0.25) is 4.79 Å². The first-order chi connectivity index (χ1) is 10.6. The molecule has 0 fully saturated rings. The van der Waals surface area contributed by atoms with Crippen LogP contribution in [0.2, 0.25) is 0 Å². The second-order valence-corrected chi connectivity index (χ2v) is 6.37. The molecule has 122 valence electrons. The zero-order valence-electron chi connectivity index (χ0n) is 13.1. The minimum atomic E-state index is -1.05. The molecular formula is C18H26O4. The van der Waals surface area contributed by atoms with Crippen molar-refractivity contribution in [1.29, 1.82) is 0 Å². The maximum atomic E-state index is 11.8. The lowest BCUT2D eigenvalue weighted by Gasteiger charge is -2.24. The topological polar surface area (TPSA) is 74.6 Å². The van der Waals surface area contributed by atoms with Gasteiger partial charge in [0, 0.05) is 0 Å². The average molecular weight is 306 g/mol. The summed E-state index contributed by atoms with van der Waals surface area (Å²) in [4.78, 5) is 23.4. The van der Waals surface area contributed by atoms with Crippen LogP contribution in [0.3, 0.4) is 0 Å². The molecule has 0 spiro atoms. The third kappa shape index (κ3) is 4.21. The Bertz CT molecular complexity index is 487. The van der Waals surface area contributed by atoms with Crippen LogP contribution in [-0.2, 0) is 9.59 Å². The summed E-state index contributed by atoms with van der Waals surface area (Å²) in [7, 11) is 0. The molecule has 0 heterocycles. The van der Waals surface area contributed by atoms with Gasteiger partial charge in [-0.2, -0.15) is 0 Å². The molecule has 0 saturated carbocycles. The van der Waals surface area contributed by atoms with Crippen LogP contribution in [0.5, 0.6) is 0 Å². The van der Waals surface area contributed by atoms with Crippen molar-refractivity contribution in [2.75, 3.05) is 0 Å². The van der Waals surface area contributed by atoms with E-state index in [-0.39, 0.29) is 5.57 Å². The van der Waals surface area contributed by atoms with Gasteiger partial charge in [-0.05, 0) is 56.1 Å². The van der Waals surface area contributed by atoms with Crippen molar-refractivity contribution in [3.8, 4) is 0 Å². The summed E-state index contributed by atoms with van der Waals surface area (Å²) >= 11 is 0. The maximum absolute atomic E-state index is 11.8. The first kappa shape index (κ1) is 16.8. The fourth-order valence-corrected chi connectivity index (χ4v) is 3.64. The van der Waals surface area contributed by atoms with E-state index in [1.807, 2.05) is 0 Å². The Kier molecular flexibility index (Phi) is 6.22. The number of carboxylic acid groups (broad SMARTS) is 2. The predicted octanol–water partition coefficient (Wildman–Crippen LogP) is 4.31. The molecule has 0 amide bonds. The van der Waals surface area contributed by atoms with Crippen molar-refractivity contribution in [3.05, 3.63) is 22.8 Å². The Hall–Kier alpha value is -1.58. The molecule has 0 aromatic heterocycles. The van der Waals surface area contributed by atoms with Gasteiger partial charge in [-0.25, -0.2) is 4.79 Å². The third-order valence-electron chi connectivity index (χ3n) is 4.80. The Morgan fingerprint density at radius 3 is 2.32 bits per heavy atom. The number of carbonyl (C=O) groups is 2. The Morgan fingerprint density at radius 2 is 1.59 bits per heavy atom. The van der Waals surface area contributed by atoms with E-state index in [4.69, 9.17) is 0 Å². The highest BCUT2D eigenvalue weighted by Crippen LogP contribution is 2.35. The van der Waals surface area contributed by atoms with Crippen molar-refractivity contribution in [2.45, 2.75) is 70.6 Å². The van der Waals surface area contributed by atoms with E-state index in [0.717, 1.165) is 56.1 Å². The van der Waals surface area contributed by atoms with Crippen LogP contribution in [0.1, 0.15) is 70.6 Å². The van der Waals surface area contributed by atoms with E-state index in [1.165, 1.54) is 12.8 Å². The third-order valence-corrected chi connectivity index (χ3v) is 4.80. The van der Waals surface area contributed by atoms with Gasteiger partial charge in [0.2, 0.25) is 0 Å². The number of carboxylic acids is 2. The molecule has 0 saturated heterocycles. The smallest absolute Gasteiger partial charge is 0.332 e. The second kappa shape index (κ2) is 8.16. The van der Waals surface area contributed by atoms with E-state index in [2.05, 4.69) is 6.08 Å². The van der Waals surface area contributed by atoms with E-state index in [1.54, 1.807) is 0 Å². The summed E-state index contributed by atoms with van der Waals surface area (Å²) in [6.07, 6.45) is 12.5. The van der Waals surface area contributed by atoms with Gasteiger partial charge < -0.3 is 10.2 Å². The van der Waals surface area contributed by atoms with Crippen LogP contribution in [-0.4, -0.2) is 22.2 Å². The first-order valence-electron chi connectivity index (χ1n) is 8.50. The maximum Gasteiger partial charge on any atom is 0.332 e. The number of hydrogen-bond donors (Lipinski definition) is 2. The number of hydrogen-bond acceptors (Lipinski definition) is 2. The van der Waals surface area contributed by atoms with Crippen LogP contribution < -0.4 is 0 Å². The van der Waals surface area contributed by atoms with Crippen LogP contribution in [0, 0.1) is 5.92 Å². The number of aliphatic carboxylic acids is 2. The molecule has 4 heteroatoms. The second-order valence-electron chi connectivity index (χ2n) is 6.37. The van der Waals surface area contributed by atoms with E-state index in [9.17, 15) is 19.8 Å².